The van der Waals surface area contributed by atoms with Crippen molar-refractivity contribution in [2.24, 2.45) is 7.05 Å². The number of nitrogens with zero attached hydrogens (tertiary/aromatic N) is 5. The van der Waals surface area contributed by atoms with Gasteiger partial charge >= 0.3 is 0 Å². The summed E-state index contributed by atoms with van der Waals surface area (Å²) in [5.74, 6) is 0.957. The van der Waals surface area contributed by atoms with E-state index in [2.05, 4.69) is 48.3 Å². The average Bonchev–Trinajstić information content (AvgIpc) is 3.32. The molecule has 7 nitrogen and oxygen atoms in total. The molecule has 2 bridgehead atoms. The van der Waals surface area contributed by atoms with E-state index in [-0.39, 0.29) is 6.10 Å². The summed E-state index contributed by atoms with van der Waals surface area (Å²) in [6.07, 6.45) is 6.33. The molecule has 0 aliphatic carbocycles. The lowest BCUT2D eigenvalue weighted by molar-refractivity contribution is 0.228. The smallest absolute Gasteiger partial charge is 0.166 e. The Morgan fingerprint density at radius 3 is 2.84 bits per heavy atom. The monoisotopic (exact) mass is 414 g/mol. The summed E-state index contributed by atoms with van der Waals surface area (Å²) in [4.78, 5) is 4.43. The summed E-state index contributed by atoms with van der Waals surface area (Å²) in [5, 5.41) is 9.45. The molecule has 0 amide bonds. The Labute approximate surface area is 181 Å². The topological polar surface area (TPSA) is 83.8 Å². The molecule has 1 aromatic carbocycles. The third-order valence-electron chi connectivity index (χ3n) is 5.86. The third kappa shape index (κ3) is 3.26. The zero-order valence-electron chi connectivity index (χ0n) is 18.3. The summed E-state index contributed by atoms with van der Waals surface area (Å²) >= 11 is 0. The van der Waals surface area contributed by atoms with Crippen molar-refractivity contribution in [2.45, 2.75) is 39.8 Å². The van der Waals surface area contributed by atoms with Crippen molar-refractivity contribution in [3.05, 3.63) is 65.1 Å². The second kappa shape index (κ2) is 7.27. The van der Waals surface area contributed by atoms with Crippen LogP contribution in [0, 0.1) is 6.92 Å². The van der Waals surface area contributed by atoms with Gasteiger partial charge in [0.2, 0.25) is 0 Å². The molecule has 0 radical (unpaired) electrons. The van der Waals surface area contributed by atoms with Crippen LogP contribution in [0.15, 0.2) is 42.9 Å². The number of hydrogen-bond donors (Lipinski definition) is 1. The van der Waals surface area contributed by atoms with Gasteiger partial charge in [-0.15, -0.1) is 0 Å². The zero-order valence-corrected chi connectivity index (χ0v) is 18.3. The molecular weight excluding hydrogens is 388 g/mol. The molecule has 1 atom stereocenters. The van der Waals surface area contributed by atoms with E-state index >= 15 is 0 Å². The van der Waals surface area contributed by atoms with Crippen LogP contribution < -0.4 is 10.5 Å². The number of anilines is 1. The normalized spacial score (nSPS) is 15.2. The van der Waals surface area contributed by atoms with Gasteiger partial charge in [-0.25, -0.2) is 4.98 Å². The molecule has 3 aromatic heterocycles. The molecule has 0 spiro atoms. The maximum atomic E-state index is 6.37. The van der Waals surface area contributed by atoms with E-state index in [0.717, 1.165) is 52.2 Å². The number of benzene rings is 1. The largest absolute Gasteiger partial charge is 0.482 e. The Kier molecular flexibility index (Phi) is 4.54. The van der Waals surface area contributed by atoms with E-state index in [0.29, 0.717) is 11.6 Å². The van der Waals surface area contributed by atoms with Crippen LogP contribution in [-0.4, -0.2) is 24.5 Å². The third-order valence-corrected chi connectivity index (χ3v) is 5.86. The van der Waals surface area contributed by atoms with Crippen molar-refractivity contribution < 1.29 is 4.74 Å². The van der Waals surface area contributed by atoms with Gasteiger partial charge < -0.3 is 10.5 Å². The minimum atomic E-state index is -0.223. The van der Waals surface area contributed by atoms with Gasteiger partial charge in [0.1, 0.15) is 6.10 Å². The molecule has 0 fully saturated rings. The number of aromatic nitrogens is 5. The van der Waals surface area contributed by atoms with Crippen molar-refractivity contribution in [3.8, 4) is 28.3 Å². The Morgan fingerprint density at radius 2 is 2.03 bits per heavy atom. The first-order chi connectivity index (χ1) is 14.9. The van der Waals surface area contributed by atoms with Crippen LogP contribution in [-0.2, 0) is 20.0 Å². The van der Waals surface area contributed by atoms with Gasteiger partial charge in [0.05, 0.1) is 17.6 Å². The van der Waals surface area contributed by atoms with E-state index < -0.39 is 0 Å². The standard InChI is InChI=1S/C24H26N6O/c1-5-30-23-16(12-27-30)9-18-13-29(4)28-22(18)19-7-6-14(2)8-20(19)15(3)31-21-10-17(23)11-26-24(21)25/h6-8,10-13,15H,5,9H2,1-4H3,(H2,25,26). The summed E-state index contributed by atoms with van der Waals surface area (Å²) in [7, 11) is 1.96. The molecule has 4 heterocycles. The molecule has 7 heteroatoms. The highest BCUT2D eigenvalue weighted by molar-refractivity contribution is 5.72. The number of pyridine rings is 1. The first-order valence-corrected chi connectivity index (χ1v) is 10.5. The van der Waals surface area contributed by atoms with Crippen molar-refractivity contribution in [2.75, 3.05) is 5.73 Å². The summed E-state index contributed by atoms with van der Waals surface area (Å²) in [5.41, 5.74) is 14.7. The average molecular weight is 415 g/mol. The van der Waals surface area contributed by atoms with Crippen molar-refractivity contribution >= 4 is 5.82 Å². The first-order valence-electron chi connectivity index (χ1n) is 10.5. The molecule has 0 saturated heterocycles. The minimum absolute atomic E-state index is 0.223. The lowest BCUT2D eigenvalue weighted by Gasteiger charge is -2.21. The zero-order chi connectivity index (χ0) is 21.7. The van der Waals surface area contributed by atoms with Gasteiger partial charge in [-0.3, -0.25) is 9.36 Å². The predicted octanol–water partition coefficient (Wildman–Crippen LogP) is 4.30. The molecule has 0 saturated carbocycles. The highest BCUT2D eigenvalue weighted by Gasteiger charge is 2.23. The Morgan fingerprint density at radius 1 is 1.19 bits per heavy atom. The molecule has 158 valence electrons. The lowest BCUT2D eigenvalue weighted by atomic mass is 9.93. The highest BCUT2D eigenvalue weighted by atomic mass is 16.5. The molecule has 2 N–H and O–H groups in total. The van der Waals surface area contributed by atoms with Gasteiger partial charge in [-0.05, 0) is 26.8 Å². The van der Waals surface area contributed by atoms with Crippen LogP contribution >= 0.6 is 0 Å². The molecular formula is C24H26N6O. The van der Waals surface area contributed by atoms with E-state index in [4.69, 9.17) is 15.6 Å². The minimum Gasteiger partial charge on any atom is -0.482 e. The number of rotatable bonds is 1. The summed E-state index contributed by atoms with van der Waals surface area (Å²) < 4.78 is 10.2. The maximum absolute atomic E-state index is 6.37. The predicted molar refractivity (Wildman–Crippen MR) is 121 cm³/mol. The highest BCUT2D eigenvalue weighted by Crippen LogP contribution is 2.38. The van der Waals surface area contributed by atoms with E-state index in [1.54, 1.807) is 6.20 Å². The van der Waals surface area contributed by atoms with Crippen LogP contribution in [0.1, 0.15) is 42.2 Å². The van der Waals surface area contributed by atoms with Crippen LogP contribution in [0.25, 0.3) is 22.5 Å². The molecule has 4 aromatic rings. The number of fused-ring (bicyclic) bond motifs is 7. The van der Waals surface area contributed by atoms with Gasteiger partial charge in [0, 0.05) is 60.2 Å². The molecule has 31 heavy (non-hydrogen) atoms. The summed E-state index contributed by atoms with van der Waals surface area (Å²) in [6.45, 7) is 6.97. The van der Waals surface area contributed by atoms with Gasteiger partial charge in [-0.2, -0.15) is 10.2 Å². The van der Waals surface area contributed by atoms with Crippen LogP contribution in [0.2, 0.25) is 0 Å². The van der Waals surface area contributed by atoms with Crippen molar-refractivity contribution in [1.29, 1.82) is 0 Å². The van der Waals surface area contributed by atoms with Crippen LogP contribution in [0.4, 0.5) is 5.82 Å². The number of nitrogen functional groups attached to an aromatic ring is 1. The number of nitrogens with two attached hydrogens (primary N) is 1. The molecule has 1 unspecified atom stereocenters. The Bertz CT molecular complexity index is 1290. The second-order valence-electron chi connectivity index (χ2n) is 8.15. The Hall–Kier alpha value is -3.61. The lowest BCUT2D eigenvalue weighted by Crippen LogP contribution is -2.10. The van der Waals surface area contributed by atoms with Gasteiger partial charge in [0.15, 0.2) is 11.6 Å². The fourth-order valence-corrected chi connectivity index (χ4v) is 4.39. The molecule has 5 rings (SSSR count). The number of aryl methyl sites for hydroxylation is 3. The van der Waals surface area contributed by atoms with E-state index in [1.165, 1.54) is 5.56 Å². The van der Waals surface area contributed by atoms with Gasteiger partial charge in [-0.1, -0.05) is 23.8 Å². The van der Waals surface area contributed by atoms with Crippen LogP contribution in [0.5, 0.6) is 5.75 Å². The quantitative estimate of drug-likeness (QED) is 0.502. The number of hydrogen-bond acceptors (Lipinski definition) is 5. The maximum Gasteiger partial charge on any atom is 0.166 e. The van der Waals surface area contributed by atoms with Gasteiger partial charge in [0.25, 0.3) is 0 Å². The molecule has 1 aliphatic heterocycles. The number of ether oxygens (including phenoxy) is 1. The van der Waals surface area contributed by atoms with E-state index in [9.17, 15) is 0 Å². The second-order valence-corrected chi connectivity index (χ2v) is 8.15. The van der Waals surface area contributed by atoms with Crippen LogP contribution in [0.3, 0.4) is 0 Å². The SMILES string of the molecule is CCn1ncc2c1-c1cnc(N)c(c1)OC(C)c1cc(C)ccc1-c1nn(C)cc1C2. The summed E-state index contributed by atoms with van der Waals surface area (Å²) in [6, 6.07) is 8.40. The van der Waals surface area contributed by atoms with Crippen molar-refractivity contribution in [3.63, 3.8) is 0 Å². The van der Waals surface area contributed by atoms with E-state index in [1.807, 2.05) is 35.6 Å². The first kappa shape index (κ1) is 19.4. The fraction of sp³-hybridized carbons (Fsp3) is 0.292. The Balaban J connectivity index is 1.81. The molecule has 1 aliphatic rings. The van der Waals surface area contributed by atoms with Crippen molar-refractivity contribution in [1.82, 2.24) is 24.5 Å². The fourth-order valence-electron chi connectivity index (χ4n) is 4.39.